The Kier molecular flexibility index (Phi) is 1.76. The first-order valence-electron chi connectivity index (χ1n) is 3.97. The monoisotopic (exact) mass is 173 g/mol. The van der Waals surface area contributed by atoms with E-state index in [0.717, 1.165) is 5.56 Å². The van der Waals surface area contributed by atoms with Crippen molar-refractivity contribution in [1.82, 2.24) is 5.32 Å². The lowest BCUT2D eigenvalue weighted by Gasteiger charge is -2.07. The van der Waals surface area contributed by atoms with Crippen molar-refractivity contribution in [3.63, 3.8) is 0 Å². The summed E-state index contributed by atoms with van der Waals surface area (Å²) >= 11 is 0. The average Bonchev–Trinajstić information content (AvgIpc) is 2.49. The zero-order valence-electron chi connectivity index (χ0n) is 7.26. The van der Waals surface area contributed by atoms with E-state index in [-0.39, 0.29) is 5.91 Å². The van der Waals surface area contributed by atoms with Gasteiger partial charge in [-0.05, 0) is 17.1 Å². The molecule has 0 aliphatic carbocycles. The van der Waals surface area contributed by atoms with E-state index in [2.05, 4.69) is 5.32 Å². The summed E-state index contributed by atoms with van der Waals surface area (Å²) in [4.78, 5) is 11.3. The molecular formula is C9H8BNO2. The molecule has 0 bridgehead atoms. The highest BCUT2D eigenvalue weighted by molar-refractivity contribution is 6.39. The van der Waals surface area contributed by atoms with Crippen LogP contribution in [0.15, 0.2) is 12.1 Å². The number of benzene rings is 1. The molecule has 1 aliphatic rings. The predicted molar refractivity (Wildman–Crippen MR) is 49.6 cm³/mol. The number of fused-ring (bicyclic) bond motifs is 1. The lowest BCUT2D eigenvalue weighted by atomic mass is 9.87. The molecule has 0 fully saturated rings. The van der Waals surface area contributed by atoms with Gasteiger partial charge in [0.2, 0.25) is 0 Å². The summed E-state index contributed by atoms with van der Waals surface area (Å²) in [5.74, 6) is 0.433. The van der Waals surface area contributed by atoms with Crippen molar-refractivity contribution in [3.05, 3.63) is 23.3 Å². The van der Waals surface area contributed by atoms with Crippen LogP contribution in [-0.2, 0) is 6.54 Å². The summed E-state index contributed by atoms with van der Waals surface area (Å²) in [7, 11) is 7.28. The van der Waals surface area contributed by atoms with Crippen LogP contribution in [0.3, 0.4) is 0 Å². The van der Waals surface area contributed by atoms with Gasteiger partial charge in [-0.2, -0.15) is 0 Å². The molecule has 4 heteroatoms. The summed E-state index contributed by atoms with van der Waals surface area (Å²) < 4.78 is 5.01. The van der Waals surface area contributed by atoms with Crippen LogP contribution in [0.25, 0.3) is 0 Å². The van der Waals surface area contributed by atoms with Crippen molar-refractivity contribution in [2.24, 2.45) is 0 Å². The lowest BCUT2D eigenvalue weighted by molar-refractivity contribution is 0.0966. The number of rotatable bonds is 1. The van der Waals surface area contributed by atoms with E-state index in [4.69, 9.17) is 12.6 Å². The van der Waals surface area contributed by atoms with Crippen LogP contribution in [0.4, 0.5) is 0 Å². The summed E-state index contributed by atoms with van der Waals surface area (Å²) in [5, 5.41) is 2.70. The molecule has 1 aromatic rings. The maximum Gasteiger partial charge on any atom is 0.251 e. The topological polar surface area (TPSA) is 38.3 Å². The molecule has 2 rings (SSSR count). The van der Waals surface area contributed by atoms with E-state index in [0.29, 0.717) is 23.3 Å². The molecule has 1 N–H and O–H groups in total. The van der Waals surface area contributed by atoms with E-state index < -0.39 is 0 Å². The molecule has 1 aliphatic heterocycles. The first kappa shape index (κ1) is 8.17. The number of ether oxygens (including phenoxy) is 1. The van der Waals surface area contributed by atoms with Crippen molar-refractivity contribution in [2.45, 2.75) is 6.54 Å². The van der Waals surface area contributed by atoms with Crippen molar-refractivity contribution in [3.8, 4) is 5.75 Å². The molecule has 0 saturated carbocycles. The summed E-state index contributed by atoms with van der Waals surface area (Å²) in [6.07, 6.45) is 0. The van der Waals surface area contributed by atoms with Gasteiger partial charge in [0.05, 0.1) is 7.11 Å². The number of hydrogen-bond donors (Lipinski definition) is 1. The fourth-order valence-corrected chi connectivity index (χ4v) is 1.50. The first-order valence-corrected chi connectivity index (χ1v) is 3.97. The van der Waals surface area contributed by atoms with E-state index in [1.54, 1.807) is 6.07 Å². The van der Waals surface area contributed by atoms with Crippen molar-refractivity contribution >= 4 is 19.2 Å². The molecule has 1 heterocycles. The Balaban J connectivity index is 2.63. The molecule has 0 saturated heterocycles. The molecule has 0 spiro atoms. The summed E-state index contributed by atoms with van der Waals surface area (Å²) in [6, 6.07) is 3.62. The van der Waals surface area contributed by atoms with Crippen molar-refractivity contribution in [1.29, 1.82) is 0 Å². The molecule has 0 aromatic heterocycles. The quantitative estimate of drug-likeness (QED) is 0.593. The summed E-state index contributed by atoms with van der Waals surface area (Å²) in [6.45, 7) is 0.558. The third-order valence-electron chi connectivity index (χ3n) is 2.18. The van der Waals surface area contributed by atoms with Crippen molar-refractivity contribution < 1.29 is 9.53 Å². The zero-order chi connectivity index (χ0) is 9.42. The van der Waals surface area contributed by atoms with Gasteiger partial charge in [-0.15, -0.1) is 0 Å². The van der Waals surface area contributed by atoms with Gasteiger partial charge in [0.15, 0.2) is 0 Å². The number of methoxy groups -OCH3 is 1. The molecule has 2 radical (unpaired) electrons. The van der Waals surface area contributed by atoms with Crippen LogP contribution in [0, 0.1) is 0 Å². The maximum atomic E-state index is 11.3. The Morgan fingerprint density at radius 3 is 3.00 bits per heavy atom. The van der Waals surface area contributed by atoms with Crippen LogP contribution in [0.5, 0.6) is 5.75 Å². The van der Waals surface area contributed by atoms with Gasteiger partial charge in [-0.25, -0.2) is 0 Å². The van der Waals surface area contributed by atoms with Gasteiger partial charge in [0, 0.05) is 12.1 Å². The highest BCUT2D eigenvalue weighted by Gasteiger charge is 2.21. The van der Waals surface area contributed by atoms with Crippen LogP contribution in [0.2, 0.25) is 0 Å². The van der Waals surface area contributed by atoms with Gasteiger partial charge >= 0.3 is 0 Å². The van der Waals surface area contributed by atoms with E-state index in [1.807, 2.05) is 6.07 Å². The first-order chi connectivity index (χ1) is 6.24. The molecule has 0 unspecified atom stereocenters. The van der Waals surface area contributed by atoms with Gasteiger partial charge in [-0.1, -0.05) is 6.07 Å². The van der Waals surface area contributed by atoms with Crippen molar-refractivity contribution in [2.75, 3.05) is 7.11 Å². The highest BCUT2D eigenvalue weighted by Crippen LogP contribution is 2.17. The second-order valence-electron chi connectivity index (χ2n) is 2.90. The maximum absolute atomic E-state index is 11.3. The average molecular weight is 173 g/mol. The Morgan fingerprint density at radius 2 is 2.31 bits per heavy atom. The molecule has 1 amide bonds. The molecular weight excluding hydrogens is 165 g/mol. The zero-order valence-corrected chi connectivity index (χ0v) is 7.26. The highest BCUT2D eigenvalue weighted by atomic mass is 16.5. The van der Waals surface area contributed by atoms with E-state index in [1.165, 1.54) is 7.11 Å². The summed E-state index contributed by atoms with van der Waals surface area (Å²) in [5.41, 5.74) is 1.91. The minimum atomic E-state index is -0.119. The van der Waals surface area contributed by atoms with E-state index in [9.17, 15) is 4.79 Å². The normalized spacial score (nSPS) is 13.8. The fourth-order valence-electron chi connectivity index (χ4n) is 1.50. The third kappa shape index (κ3) is 1.10. The smallest absolute Gasteiger partial charge is 0.251 e. The van der Waals surface area contributed by atoms with Crippen LogP contribution >= 0.6 is 0 Å². The Morgan fingerprint density at radius 1 is 1.54 bits per heavy atom. The third-order valence-corrected chi connectivity index (χ3v) is 2.18. The molecule has 3 nitrogen and oxygen atoms in total. The molecule has 64 valence electrons. The van der Waals surface area contributed by atoms with Crippen LogP contribution in [-0.4, -0.2) is 20.9 Å². The predicted octanol–water partition coefficient (Wildman–Crippen LogP) is -0.268. The largest absolute Gasteiger partial charge is 0.497 e. The van der Waals surface area contributed by atoms with Gasteiger partial charge in [-0.3, -0.25) is 4.79 Å². The van der Waals surface area contributed by atoms with Gasteiger partial charge in [0.25, 0.3) is 5.91 Å². The van der Waals surface area contributed by atoms with Gasteiger partial charge in [0.1, 0.15) is 13.6 Å². The minimum Gasteiger partial charge on any atom is -0.497 e. The molecule has 1 aromatic carbocycles. The minimum absolute atomic E-state index is 0.119. The second-order valence-corrected chi connectivity index (χ2v) is 2.90. The Bertz CT molecular complexity index is 376. The number of amides is 1. The molecule has 0 atom stereocenters. The fraction of sp³-hybridized carbons (Fsp3) is 0.222. The SMILES string of the molecule is [B]c1c(OC)ccc2c1C(=O)NC2. The second kappa shape index (κ2) is 2.80. The van der Waals surface area contributed by atoms with Gasteiger partial charge < -0.3 is 10.1 Å². The lowest BCUT2D eigenvalue weighted by Crippen LogP contribution is -2.21. The Hall–Kier alpha value is -1.45. The van der Waals surface area contributed by atoms with Crippen LogP contribution < -0.4 is 15.5 Å². The van der Waals surface area contributed by atoms with Crippen LogP contribution in [0.1, 0.15) is 15.9 Å². The number of nitrogens with one attached hydrogen (secondary N) is 1. The number of carbonyl (C=O) groups is 1. The number of carbonyl (C=O) groups excluding carboxylic acids is 1. The van der Waals surface area contributed by atoms with E-state index >= 15 is 0 Å². The number of hydrogen-bond acceptors (Lipinski definition) is 2. The molecule has 13 heavy (non-hydrogen) atoms. The Labute approximate surface area is 77.5 Å². The standard InChI is InChI=1S/C9H8BNO2/c1-13-6-3-2-5-4-11-9(12)7(5)8(6)10/h2-3H,4H2,1H3,(H,11,12).